The number of aromatic amines is 2. The fourth-order valence-electron chi connectivity index (χ4n) is 4.13. The first kappa shape index (κ1) is 14.2. The summed E-state index contributed by atoms with van der Waals surface area (Å²) in [4.78, 5) is 22.6. The van der Waals surface area contributed by atoms with Gasteiger partial charge in [0.15, 0.2) is 0 Å². The Morgan fingerprint density at radius 3 is 2.96 bits per heavy atom. The fourth-order valence-corrected chi connectivity index (χ4v) is 4.13. The molecule has 0 saturated heterocycles. The standard InChI is InChI=1S/C17H22N6O/c24-17(16-15-13(4-6-18-16)19-9-20-15)23-7-5-12-11(8-23)14(22-21-12)10-2-1-3-10/h9-10,16,18H,1-8H2,(H,19,20)(H,21,22)/t16-/m1/s1. The lowest BCUT2D eigenvalue weighted by atomic mass is 9.80. The van der Waals surface area contributed by atoms with E-state index in [1.807, 2.05) is 4.90 Å². The number of H-pyrrole nitrogens is 2. The molecule has 24 heavy (non-hydrogen) atoms. The lowest BCUT2D eigenvalue weighted by Gasteiger charge is -2.33. The first-order valence-corrected chi connectivity index (χ1v) is 8.91. The SMILES string of the molecule is O=C([C@@H]1NCCc2[nH]cnc21)N1CCc2[nH]nc(C3CCC3)c2C1. The van der Waals surface area contributed by atoms with E-state index >= 15 is 0 Å². The highest BCUT2D eigenvalue weighted by atomic mass is 16.2. The molecule has 0 spiro atoms. The van der Waals surface area contributed by atoms with E-state index in [2.05, 4.69) is 25.5 Å². The van der Waals surface area contributed by atoms with E-state index in [1.165, 1.54) is 36.2 Å². The molecule has 2 aromatic rings. The number of aromatic nitrogens is 4. The minimum atomic E-state index is -0.319. The third-order valence-corrected chi connectivity index (χ3v) is 5.76. The zero-order valence-electron chi connectivity index (χ0n) is 13.6. The molecular weight excluding hydrogens is 304 g/mol. The zero-order valence-corrected chi connectivity index (χ0v) is 13.6. The molecule has 1 aliphatic carbocycles. The number of nitrogens with zero attached hydrogens (tertiary/aromatic N) is 3. The zero-order chi connectivity index (χ0) is 16.1. The minimum Gasteiger partial charge on any atom is -0.348 e. The average Bonchev–Trinajstić information content (AvgIpc) is 3.19. The van der Waals surface area contributed by atoms with Crippen molar-refractivity contribution in [1.29, 1.82) is 0 Å². The first-order chi connectivity index (χ1) is 11.8. The summed E-state index contributed by atoms with van der Waals surface area (Å²) in [7, 11) is 0. The maximum absolute atomic E-state index is 13.1. The van der Waals surface area contributed by atoms with Crippen LogP contribution in [0.5, 0.6) is 0 Å². The number of hydrogen-bond donors (Lipinski definition) is 3. The Kier molecular flexibility index (Phi) is 3.22. The number of carbonyl (C=O) groups is 1. The van der Waals surface area contributed by atoms with Gasteiger partial charge < -0.3 is 15.2 Å². The van der Waals surface area contributed by atoms with Crippen LogP contribution in [-0.4, -0.2) is 44.1 Å². The van der Waals surface area contributed by atoms with E-state index in [-0.39, 0.29) is 11.9 Å². The minimum absolute atomic E-state index is 0.134. The van der Waals surface area contributed by atoms with Gasteiger partial charge in [0.1, 0.15) is 6.04 Å². The molecule has 0 aromatic carbocycles. The lowest BCUT2D eigenvalue weighted by molar-refractivity contribution is -0.134. The van der Waals surface area contributed by atoms with Crippen molar-refractivity contribution in [2.24, 2.45) is 0 Å². The number of nitrogens with one attached hydrogen (secondary N) is 3. The molecule has 0 unspecified atom stereocenters. The lowest BCUT2D eigenvalue weighted by Crippen LogP contribution is -2.45. The van der Waals surface area contributed by atoms with Crippen LogP contribution in [0.4, 0.5) is 0 Å². The largest absolute Gasteiger partial charge is 0.348 e. The summed E-state index contributed by atoms with van der Waals surface area (Å²) in [5, 5.41) is 11.1. The van der Waals surface area contributed by atoms with Crippen LogP contribution in [-0.2, 0) is 24.2 Å². The summed E-state index contributed by atoms with van der Waals surface area (Å²) < 4.78 is 0. The number of rotatable bonds is 2. The van der Waals surface area contributed by atoms with Crippen molar-refractivity contribution in [2.75, 3.05) is 13.1 Å². The Hall–Kier alpha value is -2.15. The van der Waals surface area contributed by atoms with Crippen molar-refractivity contribution >= 4 is 5.91 Å². The summed E-state index contributed by atoms with van der Waals surface area (Å²) in [6.07, 6.45) is 7.20. The smallest absolute Gasteiger partial charge is 0.246 e. The summed E-state index contributed by atoms with van der Waals surface area (Å²) in [5.41, 5.74) is 5.63. The molecule has 5 rings (SSSR count). The quantitative estimate of drug-likeness (QED) is 0.773. The molecule has 1 atom stereocenters. The summed E-state index contributed by atoms with van der Waals surface area (Å²) in [5.74, 6) is 0.722. The van der Waals surface area contributed by atoms with Crippen LogP contribution in [0, 0.1) is 0 Å². The van der Waals surface area contributed by atoms with Crippen LogP contribution in [0.15, 0.2) is 6.33 Å². The molecule has 7 heteroatoms. The molecule has 7 nitrogen and oxygen atoms in total. The van der Waals surface area contributed by atoms with Crippen LogP contribution in [0.25, 0.3) is 0 Å². The predicted molar refractivity (Wildman–Crippen MR) is 87.3 cm³/mol. The molecule has 1 amide bonds. The number of amides is 1. The van der Waals surface area contributed by atoms with Gasteiger partial charge in [-0.15, -0.1) is 0 Å². The average molecular weight is 326 g/mol. The van der Waals surface area contributed by atoms with Gasteiger partial charge >= 0.3 is 0 Å². The Morgan fingerprint density at radius 2 is 2.12 bits per heavy atom. The third-order valence-electron chi connectivity index (χ3n) is 5.76. The summed E-state index contributed by atoms with van der Waals surface area (Å²) in [6, 6.07) is -0.319. The first-order valence-electron chi connectivity index (χ1n) is 8.91. The number of imidazole rings is 1. The van der Waals surface area contributed by atoms with E-state index < -0.39 is 0 Å². The second-order valence-electron chi connectivity index (χ2n) is 7.11. The molecule has 2 aromatic heterocycles. The molecule has 3 N–H and O–H groups in total. The topological polar surface area (TPSA) is 89.7 Å². The highest BCUT2D eigenvalue weighted by Crippen LogP contribution is 2.39. The van der Waals surface area contributed by atoms with Crippen LogP contribution < -0.4 is 5.32 Å². The molecule has 1 fully saturated rings. The maximum atomic E-state index is 13.1. The number of carbonyl (C=O) groups excluding carboxylic acids is 1. The molecule has 0 radical (unpaired) electrons. The van der Waals surface area contributed by atoms with Gasteiger partial charge in [-0.1, -0.05) is 6.42 Å². The van der Waals surface area contributed by atoms with Gasteiger partial charge in [0.25, 0.3) is 0 Å². The Morgan fingerprint density at radius 1 is 1.21 bits per heavy atom. The van der Waals surface area contributed by atoms with Crippen LogP contribution in [0.2, 0.25) is 0 Å². The molecule has 4 heterocycles. The normalized spacial score (nSPS) is 23.5. The molecular formula is C17H22N6O. The molecule has 2 aliphatic heterocycles. The Bertz CT molecular complexity index is 774. The second kappa shape index (κ2) is 5.44. The predicted octanol–water partition coefficient (Wildman–Crippen LogP) is 1.17. The number of fused-ring (bicyclic) bond motifs is 2. The van der Waals surface area contributed by atoms with Gasteiger partial charge in [-0.25, -0.2) is 4.98 Å². The van der Waals surface area contributed by atoms with Gasteiger partial charge in [0.05, 0.1) is 17.7 Å². The third kappa shape index (κ3) is 2.11. The van der Waals surface area contributed by atoms with E-state index in [1.54, 1.807) is 6.33 Å². The van der Waals surface area contributed by atoms with Crippen LogP contribution in [0.3, 0.4) is 0 Å². The summed E-state index contributed by atoms with van der Waals surface area (Å²) >= 11 is 0. The van der Waals surface area contributed by atoms with Gasteiger partial charge in [-0.2, -0.15) is 5.10 Å². The van der Waals surface area contributed by atoms with Crippen molar-refractivity contribution in [2.45, 2.75) is 50.6 Å². The molecule has 3 aliphatic rings. The monoisotopic (exact) mass is 326 g/mol. The molecule has 126 valence electrons. The highest BCUT2D eigenvalue weighted by Gasteiger charge is 2.35. The van der Waals surface area contributed by atoms with Crippen molar-refractivity contribution in [1.82, 2.24) is 30.4 Å². The highest BCUT2D eigenvalue weighted by molar-refractivity contribution is 5.83. The van der Waals surface area contributed by atoms with E-state index in [0.717, 1.165) is 37.3 Å². The van der Waals surface area contributed by atoms with Gasteiger partial charge in [0.2, 0.25) is 5.91 Å². The molecule has 1 saturated carbocycles. The number of hydrogen-bond acceptors (Lipinski definition) is 4. The van der Waals surface area contributed by atoms with Crippen molar-refractivity contribution in [3.8, 4) is 0 Å². The van der Waals surface area contributed by atoms with Crippen molar-refractivity contribution in [3.05, 3.63) is 34.7 Å². The van der Waals surface area contributed by atoms with E-state index in [9.17, 15) is 4.79 Å². The fraction of sp³-hybridized carbons (Fsp3) is 0.588. The van der Waals surface area contributed by atoms with Crippen molar-refractivity contribution in [3.63, 3.8) is 0 Å². The maximum Gasteiger partial charge on any atom is 0.246 e. The van der Waals surface area contributed by atoms with E-state index in [0.29, 0.717) is 12.5 Å². The Balaban J connectivity index is 1.39. The van der Waals surface area contributed by atoms with Crippen LogP contribution >= 0.6 is 0 Å². The Labute approximate surface area is 140 Å². The summed E-state index contributed by atoms with van der Waals surface area (Å²) in [6.45, 7) is 2.23. The van der Waals surface area contributed by atoms with Crippen molar-refractivity contribution < 1.29 is 4.79 Å². The van der Waals surface area contributed by atoms with Gasteiger partial charge in [0, 0.05) is 55.3 Å². The second-order valence-corrected chi connectivity index (χ2v) is 7.11. The van der Waals surface area contributed by atoms with Gasteiger partial charge in [-0.05, 0) is 12.8 Å². The van der Waals surface area contributed by atoms with E-state index in [4.69, 9.17) is 0 Å². The molecule has 0 bridgehead atoms. The van der Waals surface area contributed by atoms with Crippen LogP contribution in [0.1, 0.15) is 59.6 Å². The van der Waals surface area contributed by atoms with Gasteiger partial charge in [-0.3, -0.25) is 9.89 Å².